The van der Waals surface area contributed by atoms with Crippen LogP contribution in [0.3, 0.4) is 0 Å². The van der Waals surface area contributed by atoms with Crippen molar-refractivity contribution in [2.75, 3.05) is 40.9 Å². The smallest absolute Gasteiger partial charge is 0.306 e. The van der Waals surface area contributed by atoms with Gasteiger partial charge >= 0.3 is 5.97 Å². The van der Waals surface area contributed by atoms with Gasteiger partial charge in [-0.25, -0.2) is 0 Å². The molecule has 0 bridgehead atoms. The molecule has 0 rings (SSSR count). The zero-order valence-corrected chi connectivity index (χ0v) is 47.2. The van der Waals surface area contributed by atoms with E-state index in [-0.39, 0.29) is 25.4 Å². The fraction of sp³-hybridized carbons (Fsp3) is 0.613. The molecule has 0 aromatic rings. The number of amides is 1. The van der Waals surface area contributed by atoms with Crippen molar-refractivity contribution in [3.05, 3.63) is 134 Å². The predicted octanol–water partition coefficient (Wildman–Crippen LogP) is 16.3. The van der Waals surface area contributed by atoms with Gasteiger partial charge in [0.1, 0.15) is 19.3 Å². The maximum atomic E-state index is 13.4. The van der Waals surface area contributed by atoms with Crippen LogP contribution in [0.25, 0.3) is 0 Å². The predicted molar refractivity (Wildman–Crippen MR) is 306 cm³/mol. The average molecular weight is 1020 g/mol. The molecule has 3 unspecified atom stereocenters. The maximum Gasteiger partial charge on any atom is 0.306 e. The number of carbonyl (C=O) groups excluding carboxylic acids is 2. The number of esters is 1. The van der Waals surface area contributed by atoms with Crippen LogP contribution in [-0.2, 0) is 27.9 Å². The van der Waals surface area contributed by atoms with Crippen LogP contribution in [0.4, 0.5) is 0 Å². The fourth-order valence-electron chi connectivity index (χ4n) is 7.07. The summed E-state index contributed by atoms with van der Waals surface area (Å²) in [5.41, 5.74) is 0. The summed E-state index contributed by atoms with van der Waals surface area (Å²) < 4.78 is 30.1. The van der Waals surface area contributed by atoms with E-state index in [2.05, 4.69) is 135 Å². The van der Waals surface area contributed by atoms with E-state index in [0.29, 0.717) is 30.3 Å². The Morgan fingerprint density at radius 1 is 0.500 bits per heavy atom. The molecule has 0 heterocycles. The number of nitrogens with zero attached hydrogens (tertiary/aromatic N) is 1. The number of phosphoric ester groups is 1. The highest BCUT2D eigenvalue weighted by Crippen LogP contribution is 2.38. The van der Waals surface area contributed by atoms with E-state index in [1.807, 2.05) is 39.4 Å². The van der Waals surface area contributed by atoms with E-state index >= 15 is 0 Å². The zero-order valence-electron chi connectivity index (χ0n) is 46.3. The number of allylic oxidation sites excluding steroid dienone is 21. The van der Waals surface area contributed by atoms with Crippen molar-refractivity contribution < 1.29 is 37.3 Å². The summed E-state index contributed by atoms with van der Waals surface area (Å²) in [6, 6.07) is -0.960. The van der Waals surface area contributed by atoms with E-state index in [0.717, 1.165) is 83.5 Å². The van der Waals surface area contributed by atoms with Gasteiger partial charge < -0.3 is 28.5 Å². The summed E-state index contributed by atoms with van der Waals surface area (Å²) in [6.45, 7) is 6.48. The Bertz CT molecular complexity index is 1690. The molecular formula is C62H103N2O7P. The first-order valence-electron chi connectivity index (χ1n) is 28.0. The van der Waals surface area contributed by atoms with Crippen molar-refractivity contribution in [2.24, 2.45) is 0 Å². The number of phosphoric acid groups is 1. The Labute approximate surface area is 441 Å². The summed E-state index contributed by atoms with van der Waals surface area (Å²) in [5, 5.41) is 2.95. The van der Waals surface area contributed by atoms with Crippen LogP contribution in [-0.4, -0.2) is 69.4 Å². The Balaban J connectivity index is 5.62. The minimum Gasteiger partial charge on any atom is -0.756 e. The normalized spacial score (nSPS) is 14.8. The molecule has 72 heavy (non-hydrogen) atoms. The van der Waals surface area contributed by atoms with Gasteiger partial charge in [-0.05, 0) is 102 Å². The molecule has 0 aliphatic carbocycles. The van der Waals surface area contributed by atoms with E-state index in [1.165, 1.54) is 57.8 Å². The monoisotopic (exact) mass is 1020 g/mol. The number of quaternary nitrogens is 1. The molecule has 3 atom stereocenters. The highest BCUT2D eigenvalue weighted by atomic mass is 31.2. The van der Waals surface area contributed by atoms with Gasteiger partial charge in [-0.3, -0.25) is 14.2 Å². The number of likely N-dealkylation sites (N-methyl/N-ethyl adjacent to an activating group) is 1. The number of unbranched alkanes of at least 4 members (excludes halogenated alkanes) is 12. The third-order valence-electron chi connectivity index (χ3n) is 11.3. The van der Waals surface area contributed by atoms with Crippen molar-refractivity contribution in [2.45, 2.75) is 206 Å². The molecule has 408 valence electrons. The number of carbonyl (C=O) groups is 2. The lowest BCUT2D eigenvalue weighted by Crippen LogP contribution is -2.47. The Kier molecular flexibility index (Phi) is 48.0. The standard InChI is InChI=1S/C62H103N2O7P/c1-7-10-13-16-19-22-25-28-30-32-34-37-40-43-46-49-52-55-62(66)71-60(53-50-47-44-41-38-35-27-24-21-18-15-12-9-3)59(58-70-72(67,68)69-57-56-64(4,5)6)63-61(65)54-51-48-45-42-39-36-33-31-29-26-23-20-17-14-11-8-2/h10-11,13-14,19-20,22-23,28-31,34,36-37,39,43,45-46,48,50,53,59-60H,7-9,12,15-18,21,24-27,32-33,35,38,40-42,44,47,49,51-52,54-58H2,1-6H3,(H-,63,65,67,68)/b13-10-,14-11+,22-19-,23-20+,30-28-,31-29+,37-34-,39-36+,46-43-,48-45+,53-50+. The molecule has 0 radical (unpaired) electrons. The SMILES string of the molecule is CC/C=C\C/C=C\C/C=C\C/C=C\C/C=C\CCCC(=O)OC(/C=C/CCCCCCCCCCCCC)C(COP(=O)([O-])OCC[N+](C)(C)C)NC(=O)CC/C=C/C/C=C/C/C=C/C/C=C/C/C=C/CC. The van der Waals surface area contributed by atoms with E-state index in [9.17, 15) is 19.0 Å². The molecule has 0 aliphatic heterocycles. The molecule has 0 saturated heterocycles. The molecule has 0 spiro atoms. The van der Waals surface area contributed by atoms with E-state index in [4.69, 9.17) is 13.8 Å². The molecule has 0 aromatic heterocycles. The summed E-state index contributed by atoms with van der Waals surface area (Å²) in [5.74, 6) is -0.719. The molecule has 10 heteroatoms. The highest BCUT2D eigenvalue weighted by molar-refractivity contribution is 7.45. The summed E-state index contributed by atoms with van der Waals surface area (Å²) >= 11 is 0. The third-order valence-corrected chi connectivity index (χ3v) is 12.3. The van der Waals surface area contributed by atoms with Gasteiger partial charge in [-0.2, -0.15) is 0 Å². The summed E-state index contributed by atoms with van der Waals surface area (Å²) in [6.07, 6.45) is 71.6. The van der Waals surface area contributed by atoms with Gasteiger partial charge in [0.25, 0.3) is 7.82 Å². The van der Waals surface area contributed by atoms with Gasteiger partial charge in [0.15, 0.2) is 0 Å². The zero-order chi connectivity index (χ0) is 52.9. The van der Waals surface area contributed by atoms with Gasteiger partial charge in [0.05, 0.1) is 33.8 Å². The van der Waals surface area contributed by atoms with Crippen molar-refractivity contribution in [3.8, 4) is 0 Å². The largest absolute Gasteiger partial charge is 0.756 e. The summed E-state index contributed by atoms with van der Waals surface area (Å²) in [7, 11) is 1.09. The lowest BCUT2D eigenvalue weighted by Gasteiger charge is -2.30. The van der Waals surface area contributed by atoms with Crippen LogP contribution in [0.1, 0.15) is 194 Å². The lowest BCUT2D eigenvalue weighted by molar-refractivity contribution is -0.870. The van der Waals surface area contributed by atoms with Crippen molar-refractivity contribution >= 4 is 19.7 Å². The minimum absolute atomic E-state index is 0.0519. The van der Waals surface area contributed by atoms with Crippen LogP contribution in [0.5, 0.6) is 0 Å². The average Bonchev–Trinajstić information content (AvgIpc) is 3.34. The maximum absolute atomic E-state index is 13.4. The fourth-order valence-corrected chi connectivity index (χ4v) is 7.79. The van der Waals surface area contributed by atoms with Crippen LogP contribution >= 0.6 is 7.82 Å². The van der Waals surface area contributed by atoms with Gasteiger partial charge in [0.2, 0.25) is 5.91 Å². The Hall–Kier alpha value is -3.85. The van der Waals surface area contributed by atoms with E-state index in [1.54, 1.807) is 6.08 Å². The molecule has 1 N–H and O–H groups in total. The van der Waals surface area contributed by atoms with Crippen molar-refractivity contribution in [1.82, 2.24) is 5.32 Å². The van der Waals surface area contributed by atoms with Crippen LogP contribution < -0.4 is 10.2 Å². The first kappa shape index (κ1) is 68.2. The second-order valence-corrected chi connectivity index (χ2v) is 20.7. The molecular weight excluding hydrogens is 916 g/mol. The van der Waals surface area contributed by atoms with Crippen LogP contribution in [0.2, 0.25) is 0 Å². The molecule has 0 aromatic carbocycles. The first-order chi connectivity index (χ1) is 34.9. The topological polar surface area (TPSA) is 114 Å². The van der Waals surface area contributed by atoms with Crippen molar-refractivity contribution in [3.63, 3.8) is 0 Å². The number of hydrogen-bond donors (Lipinski definition) is 1. The van der Waals surface area contributed by atoms with Gasteiger partial charge in [0, 0.05) is 12.8 Å². The number of rotatable bonds is 48. The number of nitrogens with one attached hydrogen (secondary N) is 1. The van der Waals surface area contributed by atoms with Gasteiger partial charge in [-0.1, -0.05) is 213 Å². The second kappa shape index (κ2) is 50.7. The Morgan fingerprint density at radius 2 is 0.903 bits per heavy atom. The first-order valence-corrected chi connectivity index (χ1v) is 29.5. The molecule has 1 amide bonds. The minimum atomic E-state index is -4.74. The van der Waals surface area contributed by atoms with Crippen molar-refractivity contribution in [1.29, 1.82) is 0 Å². The molecule has 0 fully saturated rings. The van der Waals surface area contributed by atoms with Gasteiger partial charge in [-0.15, -0.1) is 0 Å². The molecule has 0 saturated carbocycles. The quantitative estimate of drug-likeness (QED) is 0.0212. The third kappa shape index (κ3) is 51.1. The Morgan fingerprint density at radius 3 is 1.35 bits per heavy atom. The number of hydrogen-bond acceptors (Lipinski definition) is 7. The number of ether oxygens (including phenoxy) is 1. The highest BCUT2D eigenvalue weighted by Gasteiger charge is 2.27. The van der Waals surface area contributed by atoms with E-state index < -0.39 is 32.5 Å². The second-order valence-electron chi connectivity index (χ2n) is 19.3. The summed E-state index contributed by atoms with van der Waals surface area (Å²) in [4.78, 5) is 39.8. The van der Waals surface area contributed by atoms with Crippen LogP contribution in [0, 0.1) is 0 Å². The molecule has 0 aliphatic rings. The van der Waals surface area contributed by atoms with Crippen LogP contribution in [0.15, 0.2) is 134 Å². The lowest BCUT2D eigenvalue weighted by atomic mass is 10.0. The molecule has 9 nitrogen and oxygen atoms in total.